The van der Waals surface area contributed by atoms with Crippen molar-refractivity contribution in [1.29, 1.82) is 0 Å². The molecule has 7 heteroatoms. The van der Waals surface area contributed by atoms with Gasteiger partial charge in [-0.3, -0.25) is 9.59 Å². The number of nitrogens with one attached hydrogen (secondary N) is 1. The highest BCUT2D eigenvalue weighted by molar-refractivity contribution is 6.04. The molecule has 1 N–H and O–H groups in total. The number of nitrogens with zero attached hydrogens (tertiary/aromatic N) is 3. The van der Waals surface area contributed by atoms with Crippen LogP contribution in [-0.2, 0) is 11.3 Å². The van der Waals surface area contributed by atoms with Gasteiger partial charge in [-0.25, -0.2) is 4.68 Å². The number of hydrogen-bond acceptors (Lipinski definition) is 5. The predicted molar refractivity (Wildman–Crippen MR) is 101 cm³/mol. The maximum atomic E-state index is 12.7. The Balaban J connectivity index is 1.89. The number of carbonyl (C=O) groups is 2. The van der Waals surface area contributed by atoms with E-state index < -0.39 is 5.91 Å². The fraction of sp³-hybridized carbons (Fsp3) is 0.200. The van der Waals surface area contributed by atoms with Crippen LogP contribution < -0.4 is 5.32 Å². The zero-order valence-corrected chi connectivity index (χ0v) is 15.4. The van der Waals surface area contributed by atoms with E-state index >= 15 is 0 Å². The van der Waals surface area contributed by atoms with Crippen molar-refractivity contribution in [3.05, 3.63) is 71.0 Å². The van der Waals surface area contributed by atoms with Gasteiger partial charge >= 0.3 is 0 Å². The van der Waals surface area contributed by atoms with Gasteiger partial charge in [-0.05, 0) is 55.8 Å². The van der Waals surface area contributed by atoms with Crippen molar-refractivity contribution in [1.82, 2.24) is 15.0 Å². The van der Waals surface area contributed by atoms with Crippen LogP contribution in [0.15, 0.2) is 48.5 Å². The molecule has 0 saturated heterocycles. The molecular formula is C20H20N4O3. The van der Waals surface area contributed by atoms with Crippen LogP contribution in [0.3, 0.4) is 0 Å². The maximum absolute atomic E-state index is 12.7. The number of methoxy groups -OCH3 is 1. The van der Waals surface area contributed by atoms with Gasteiger partial charge in [0.05, 0.1) is 12.3 Å². The van der Waals surface area contributed by atoms with Crippen molar-refractivity contribution in [2.24, 2.45) is 0 Å². The third-order valence-corrected chi connectivity index (χ3v) is 4.05. The molecule has 0 spiro atoms. The van der Waals surface area contributed by atoms with Crippen molar-refractivity contribution in [2.75, 3.05) is 12.4 Å². The fourth-order valence-electron chi connectivity index (χ4n) is 2.69. The second-order valence-corrected chi connectivity index (χ2v) is 6.16. The number of carbonyl (C=O) groups excluding carboxylic acids is 2. The monoisotopic (exact) mass is 364 g/mol. The molecule has 7 nitrogen and oxygen atoms in total. The van der Waals surface area contributed by atoms with Gasteiger partial charge in [-0.15, -0.1) is 5.10 Å². The summed E-state index contributed by atoms with van der Waals surface area (Å²) in [4.78, 5) is 24.0. The van der Waals surface area contributed by atoms with Crippen LogP contribution >= 0.6 is 0 Å². The Morgan fingerprint density at radius 2 is 1.89 bits per heavy atom. The van der Waals surface area contributed by atoms with Gasteiger partial charge in [-0.1, -0.05) is 17.3 Å². The minimum atomic E-state index is -0.392. The van der Waals surface area contributed by atoms with E-state index in [0.29, 0.717) is 16.9 Å². The van der Waals surface area contributed by atoms with Crippen LogP contribution in [0, 0.1) is 6.92 Å². The van der Waals surface area contributed by atoms with E-state index in [1.807, 2.05) is 31.2 Å². The number of aryl methyl sites for hydroxylation is 1. The predicted octanol–water partition coefficient (Wildman–Crippen LogP) is 3.18. The molecule has 2 aromatic carbocycles. The molecule has 3 rings (SSSR count). The molecule has 0 radical (unpaired) electrons. The molecule has 27 heavy (non-hydrogen) atoms. The van der Waals surface area contributed by atoms with Crippen molar-refractivity contribution in [3.8, 4) is 5.69 Å². The third-order valence-electron chi connectivity index (χ3n) is 4.05. The summed E-state index contributed by atoms with van der Waals surface area (Å²) in [6, 6.07) is 14.4. The molecule has 1 heterocycles. The first-order chi connectivity index (χ1) is 13.0. The summed E-state index contributed by atoms with van der Waals surface area (Å²) >= 11 is 0. The standard InChI is InChI=1S/C20H20N4O3/c1-13-5-4-6-17(11-13)24-18(12-27-3)19(22-23-24)20(26)21-16-9-7-15(8-10-16)14(2)25/h4-11H,12H2,1-3H3,(H,21,26). The largest absolute Gasteiger partial charge is 0.378 e. The number of rotatable bonds is 6. The molecular weight excluding hydrogens is 344 g/mol. The lowest BCUT2D eigenvalue weighted by Crippen LogP contribution is -2.16. The number of aromatic nitrogens is 3. The van der Waals surface area contributed by atoms with Gasteiger partial charge < -0.3 is 10.1 Å². The summed E-state index contributed by atoms with van der Waals surface area (Å²) in [5, 5.41) is 11.0. The normalized spacial score (nSPS) is 10.6. The first-order valence-corrected chi connectivity index (χ1v) is 8.42. The minimum Gasteiger partial charge on any atom is -0.378 e. The van der Waals surface area contributed by atoms with E-state index in [0.717, 1.165) is 11.3 Å². The molecule has 0 saturated carbocycles. The zero-order valence-electron chi connectivity index (χ0n) is 15.4. The maximum Gasteiger partial charge on any atom is 0.278 e. The lowest BCUT2D eigenvalue weighted by molar-refractivity contribution is 0.101. The summed E-state index contributed by atoms with van der Waals surface area (Å²) < 4.78 is 6.84. The van der Waals surface area contributed by atoms with E-state index in [9.17, 15) is 9.59 Å². The van der Waals surface area contributed by atoms with Crippen LogP contribution in [0.4, 0.5) is 5.69 Å². The first-order valence-electron chi connectivity index (χ1n) is 8.42. The quantitative estimate of drug-likeness (QED) is 0.679. The van der Waals surface area contributed by atoms with Crippen molar-refractivity contribution in [2.45, 2.75) is 20.5 Å². The number of hydrogen-bond donors (Lipinski definition) is 1. The molecule has 0 aliphatic carbocycles. The number of ether oxygens (including phenoxy) is 1. The molecule has 138 valence electrons. The number of Topliss-reactive ketones (excluding diaryl/α,β-unsaturated/α-hetero) is 1. The van der Waals surface area contributed by atoms with Crippen molar-refractivity contribution >= 4 is 17.4 Å². The second kappa shape index (κ2) is 7.92. The van der Waals surface area contributed by atoms with Crippen LogP contribution in [0.25, 0.3) is 5.69 Å². The molecule has 0 unspecified atom stereocenters. The van der Waals surface area contributed by atoms with Crippen molar-refractivity contribution < 1.29 is 14.3 Å². The van der Waals surface area contributed by atoms with Crippen molar-refractivity contribution in [3.63, 3.8) is 0 Å². The molecule has 0 aliphatic rings. The Labute approximate surface area is 157 Å². The minimum absolute atomic E-state index is 0.0312. The smallest absolute Gasteiger partial charge is 0.278 e. The van der Waals surface area contributed by atoms with E-state index in [4.69, 9.17) is 4.74 Å². The average Bonchev–Trinajstić information content (AvgIpc) is 3.06. The highest BCUT2D eigenvalue weighted by Crippen LogP contribution is 2.17. The van der Waals surface area contributed by atoms with E-state index in [1.54, 1.807) is 36.1 Å². The Kier molecular flexibility index (Phi) is 5.42. The first kappa shape index (κ1) is 18.5. The molecule has 1 amide bonds. The van der Waals surface area contributed by atoms with Gasteiger partial charge in [-0.2, -0.15) is 0 Å². The highest BCUT2D eigenvalue weighted by Gasteiger charge is 2.21. The number of anilines is 1. The Morgan fingerprint density at radius 3 is 2.52 bits per heavy atom. The molecule has 0 bridgehead atoms. The fourth-order valence-corrected chi connectivity index (χ4v) is 2.69. The number of ketones is 1. The van der Waals surface area contributed by atoms with Crippen LogP contribution in [-0.4, -0.2) is 33.8 Å². The second-order valence-electron chi connectivity index (χ2n) is 6.16. The highest BCUT2D eigenvalue weighted by atomic mass is 16.5. The van der Waals surface area contributed by atoms with Crippen LogP contribution in [0.5, 0.6) is 0 Å². The summed E-state index contributed by atoms with van der Waals surface area (Å²) in [6.45, 7) is 3.66. The number of benzene rings is 2. The summed E-state index contributed by atoms with van der Waals surface area (Å²) in [5.41, 5.74) is 3.77. The zero-order chi connectivity index (χ0) is 19.4. The molecule has 3 aromatic rings. The van der Waals surface area contributed by atoms with Gasteiger partial charge in [0.2, 0.25) is 0 Å². The van der Waals surface area contributed by atoms with Crippen LogP contribution in [0.2, 0.25) is 0 Å². The van der Waals surface area contributed by atoms with E-state index in [2.05, 4.69) is 15.6 Å². The SMILES string of the molecule is COCc1c(C(=O)Nc2ccc(C(C)=O)cc2)nnn1-c1cccc(C)c1. The van der Waals surface area contributed by atoms with Gasteiger partial charge in [0.1, 0.15) is 5.69 Å². The molecule has 1 aromatic heterocycles. The van der Waals surface area contributed by atoms with E-state index in [-0.39, 0.29) is 18.1 Å². The van der Waals surface area contributed by atoms with E-state index in [1.165, 1.54) is 6.92 Å². The Morgan fingerprint density at radius 1 is 1.15 bits per heavy atom. The van der Waals surface area contributed by atoms with Gasteiger partial charge in [0.25, 0.3) is 5.91 Å². The Bertz CT molecular complexity index is 977. The summed E-state index contributed by atoms with van der Waals surface area (Å²) in [7, 11) is 1.55. The number of amides is 1. The average molecular weight is 364 g/mol. The van der Waals surface area contributed by atoms with Crippen LogP contribution in [0.1, 0.15) is 39.0 Å². The topological polar surface area (TPSA) is 86.1 Å². The summed E-state index contributed by atoms with van der Waals surface area (Å²) in [5.74, 6) is -0.423. The Hall–Kier alpha value is -3.32. The summed E-state index contributed by atoms with van der Waals surface area (Å²) in [6.07, 6.45) is 0. The lowest BCUT2D eigenvalue weighted by atomic mass is 10.1. The lowest BCUT2D eigenvalue weighted by Gasteiger charge is -2.08. The molecule has 0 fully saturated rings. The molecule has 0 aliphatic heterocycles. The van der Waals surface area contributed by atoms with Gasteiger partial charge in [0.15, 0.2) is 11.5 Å². The van der Waals surface area contributed by atoms with Gasteiger partial charge in [0, 0.05) is 18.4 Å². The molecule has 0 atom stereocenters. The third kappa shape index (κ3) is 4.09.